The summed E-state index contributed by atoms with van der Waals surface area (Å²) in [6.45, 7) is 1.38. The maximum Gasteiger partial charge on any atom is 0.221 e. The smallest absolute Gasteiger partial charge is 0.221 e. The average molecular weight is 196 g/mol. The van der Waals surface area contributed by atoms with E-state index in [4.69, 9.17) is 0 Å². The minimum Gasteiger partial charge on any atom is -0.356 e. The Kier molecular flexibility index (Phi) is 4.71. The highest BCUT2D eigenvalue weighted by Crippen LogP contribution is 1.90. The van der Waals surface area contributed by atoms with Crippen molar-refractivity contribution in [3.8, 4) is 0 Å². The molecule has 0 fully saturated rings. The zero-order valence-corrected chi connectivity index (χ0v) is 8.34. The van der Waals surface area contributed by atoms with Crippen LogP contribution < -0.4 is 10.6 Å². The molecule has 0 aliphatic carbocycles. The van der Waals surface area contributed by atoms with Crippen LogP contribution in [0.25, 0.3) is 0 Å². The first-order valence-electron chi connectivity index (χ1n) is 4.71. The van der Waals surface area contributed by atoms with Crippen LogP contribution in [-0.4, -0.2) is 36.0 Å². The predicted octanol–water partition coefficient (Wildman–Crippen LogP) is -0.322. The lowest BCUT2D eigenvalue weighted by Crippen LogP contribution is -2.28. The summed E-state index contributed by atoms with van der Waals surface area (Å²) in [4.78, 5) is 18.0. The number of H-pyrrole nitrogens is 1. The Morgan fingerprint density at radius 1 is 1.57 bits per heavy atom. The van der Waals surface area contributed by atoms with Gasteiger partial charge in [0.05, 0.1) is 6.33 Å². The van der Waals surface area contributed by atoms with Crippen molar-refractivity contribution in [1.29, 1.82) is 0 Å². The van der Waals surface area contributed by atoms with Gasteiger partial charge in [-0.15, -0.1) is 0 Å². The quantitative estimate of drug-likeness (QED) is 0.584. The van der Waals surface area contributed by atoms with Crippen molar-refractivity contribution in [2.75, 3.05) is 20.1 Å². The largest absolute Gasteiger partial charge is 0.356 e. The van der Waals surface area contributed by atoms with Crippen LogP contribution in [0.3, 0.4) is 0 Å². The fourth-order valence-corrected chi connectivity index (χ4v) is 1.08. The van der Waals surface area contributed by atoms with Gasteiger partial charge in [0.2, 0.25) is 5.91 Å². The number of carbonyl (C=O) groups is 1. The molecule has 1 rings (SSSR count). The summed E-state index contributed by atoms with van der Waals surface area (Å²) in [7, 11) is 1.83. The van der Waals surface area contributed by atoms with E-state index in [9.17, 15) is 4.79 Å². The lowest BCUT2D eigenvalue weighted by molar-refractivity contribution is -0.120. The second kappa shape index (κ2) is 6.15. The van der Waals surface area contributed by atoms with Crippen LogP contribution in [0.5, 0.6) is 0 Å². The summed E-state index contributed by atoms with van der Waals surface area (Å²) in [5, 5.41) is 5.75. The summed E-state index contributed by atoms with van der Waals surface area (Å²) < 4.78 is 0. The lowest BCUT2D eigenvalue weighted by Gasteiger charge is -2.03. The molecule has 1 amide bonds. The molecule has 0 saturated carbocycles. The van der Waals surface area contributed by atoms with Crippen LogP contribution in [0.15, 0.2) is 12.5 Å². The van der Waals surface area contributed by atoms with E-state index < -0.39 is 0 Å². The number of hydrogen-bond acceptors (Lipinski definition) is 3. The predicted molar refractivity (Wildman–Crippen MR) is 53.8 cm³/mol. The molecule has 5 heteroatoms. The van der Waals surface area contributed by atoms with Crippen molar-refractivity contribution in [1.82, 2.24) is 20.6 Å². The van der Waals surface area contributed by atoms with Gasteiger partial charge in [-0.2, -0.15) is 0 Å². The maximum absolute atomic E-state index is 11.2. The van der Waals surface area contributed by atoms with Crippen molar-refractivity contribution < 1.29 is 4.79 Å². The van der Waals surface area contributed by atoms with Crippen molar-refractivity contribution in [3.63, 3.8) is 0 Å². The average Bonchev–Trinajstić information content (AvgIpc) is 2.67. The Hall–Kier alpha value is -1.36. The fraction of sp³-hybridized carbons (Fsp3) is 0.556. The van der Waals surface area contributed by atoms with Gasteiger partial charge in [-0.25, -0.2) is 4.98 Å². The molecule has 0 bridgehead atoms. The zero-order valence-electron chi connectivity index (χ0n) is 8.34. The summed E-state index contributed by atoms with van der Waals surface area (Å²) in [5.74, 6) is 0.0823. The molecule has 0 aliphatic heterocycles. The number of aromatic amines is 1. The molecule has 0 saturated heterocycles. The van der Waals surface area contributed by atoms with Gasteiger partial charge >= 0.3 is 0 Å². The van der Waals surface area contributed by atoms with Crippen LogP contribution in [-0.2, 0) is 11.2 Å². The highest BCUT2D eigenvalue weighted by atomic mass is 16.1. The third-order valence-electron chi connectivity index (χ3n) is 1.87. The van der Waals surface area contributed by atoms with E-state index >= 15 is 0 Å². The van der Waals surface area contributed by atoms with Gasteiger partial charge in [0.15, 0.2) is 0 Å². The fourth-order valence-electron chi connectivity index (χ4n) is 1.08. The maximum atomic E-state index is 11.2. The van der Waals surface area contributed by atoms with Gasteiger partial charge in [0, 0.05) is 37.8 Å². The van der Waals surface area contributed by atoms with E-state index in [0.29, 0.717) is 13.0 Å². The molecule has 14 heavy (non-hydrogen) atoms. The van der Waals surface area contributed by atoms with Gasteiger partial charge in [-0.05, 0) is 7.05 Å². The van der Waals surface area contributed by atoms with Crippen LogP contribution >= 0.6 is 0 Å². The van der Waals surface area contributed by atoms with Gasteiger partial charge < -0.3 is 15.6 Å². The van der Waals surface area contributed by atoms with E-state index in [1.165, 1.54) is 0 Å². The third kappa shape index (κ3) is 4.04. The number of carbonyl (C=O) groups excluding carboxylic acids is 1. The molecule has 3 N–H and O–H groups in total. The Bertz CT molecular complexity index is 258. The van der Waals surface area contributed by atoms with Crippen molar-refractivity contribution in [3.05, 3.63) is 18.2 Å². The number of amides is 1. The Labute approximate surface area is 83.3 Å². The Morgan fingerprint density at radius 2 is 2.43 bits per heavy atom. The molecule has 1 heterocycles. The minimum atomic E-state index is 0.0823. The monoisotopic (exact) mass is 196 g/mol. The van der Waals surface area contributed by atoms with Crippen LogP contribution in [0.1, 0.15) is 12.1 Å². The number of rotatable bonds is 6. The number of nitrogens with one attached hydrogen (secondary N) is 3. The number of aromatic nitrogens is 2. The Morgan fingerprint density at radius 3 is 3.07 bits per heavy atom. The van der Waals surface area contributed by atoms with E-state index in [1.54, 1.807) is 12.5 Å². The van der Waals surface area contributed by atoms with Crippen LogP contribution in [0.2, 0.25) is 0 Å². The lowest BCUT2D eigenvalue weighted by atomic mass is 10.3. The molecule has 0 radical (unpaired) electrons. The van der Waals surface area contributed by atoms with Gasteiger partial charge in [0.1, 0.15) is 0 Å². The molecular formula is C9H16N4O. The molecule has 5 nitrogen and oxygen atoms in total. The van der Waals surface area contributed by atoms with E-state index in [-0.39, 0.29) is 5.91 Å². The highest BCUT2D eigenvalue weighted by Gasteiger charge is 1.99. The molecule has 1 aromatic heterocycles. The SMILES string of the molecule is CNCCC(=O)NCCc1cnc[nH]1. The normalized spacial score (nSPS) is 10.1. The molecule has 0 aromatic carbocycles. The van der Waals surface area contributed by atoms with Crippen molar-refractivity contribution >= 4 is 5.91 Å². The molecule has 0 unspecified atom stereocenters. The topological polar surface area (TPSA) is 69.8 Å². The summed E-state index contributed by atoms with van der Waals surface area (Å²) in [5.41, 5.74) is 1.04. The molecule has 0 atom stereocenters. The molecule has 0 aliphatic rings. The number of nitrogens with zero attached hydrogens (tertiary/aromatic N) is 1. The van der Waals surface area contributed by atoms with E-state index in [0.717, 1.165) is 18.7 Å². The number of hydrogen-bond donors (Lipinski definition) is 3. The van der Waals surface area contributed by atoms with Gasteiger partial charge in [-0.1, -0.05) is 0 Å². The highest BCUT2D eigenvalue weighted by molar-refractivity contribution is 5.76. The minimum absolute atomic E-state index is 0.0823. The van der Waals surface area contributed by atoms with E-state index in [1.807, 2.05) is 7.05 Å². The second-order valence-electron chi connectivity index (χ2n) is 3.03. The summed E-state index contributed by atoms with van der Waals surface area (Å²) >= 11 is 0. The van der Waals surface area contributed by atoms with Crippen molar-refractivity contribution in [2.45, 2.75) is 12.8 Å². The summed E-state index contributed by atoms with van der Waals surface area (Å²) in [6.07, 6.45) is 4.72. The molecule has 0 spiro atoms. The second-order valence-corrected chi connectivity index (χ2v) is 3.03. The van der Waals surface area contributed by atoms with Crippen molar-refractivity contribution in [2.24, 2.45) is 0 Å². The molecular weight excluding hydrogens is 180 g/mol. The van der Waals surface area contributed by atoms with Crippen LogP contribution in [0, 0.1) is 0 Å². The van der Waals surface area contributed by atoms with Gasteiger partial charge in [0.25, 0.3) is 0 Å². The first-order valence-corrected chi connectivity index (χ1v) is 4.71. The van der Waals surface area contributed by atoms with Gasteiger partial charge in [-0.3, -0.25) is 4.79 Å². The Balaban J connectivity index is 2.06. The standard InChI is InChI=1S/C9H16N4O/c1-10-4-3-9(14)12-5-2-8-6-11-7-13-8/h6-7,10H,2-5H2,1H3,(H,11,13)(H,12,14). The van der Waals surface area contributed by atoms with E-state index in [2.05, 4.69) is 20.6 Å². The third-order valence-corrected chi connectivity index (χ3v) is 1.87. The molecule has 1 aromatic rings. The zero-order chi connectivity index (χ0) is 10.2. The van der Waals surface area contributed by atoms with Crippen LogP contribution in [0.4, 0.5) is 0 Å². The number of imidazole rings is 1. The first-order chi connectivity index (χ1) is 6.83. The first kappa shape index (κ1) is 10.7. The molecule has 78 valence electrons. The summed E-state index contributed by atoms with van der Waals surface area (Å²) in [6, 6.07) is 0.